The first kappa shape index (κ1) is 21.3. The highest BCUT2D eigenvalue weighted by atomic mass is 19.1. The van der Waals surface area contributed by atoms with E-state index < -0.39 is 6.23 Å². The van der Waals surface area contributed by atoms with E-state index >= 15 is 0 Å². The summed E-state index contributed by atoms with van der Waals surface area (Å²) in [6.45, 7) is 4.87. The first-order chi connectivity index (χ1) is 15.9. The van der Waals surface area contributed by atoms with Crippen LogP contribution in [0.15, 0.2) is 42.6 Å². The number of fused-ring (bicyclic) bond motifs is 1. The number of hydrogen-bond donors (Lipinski definition) is 2. The molecule has 1 unspecified atom stereocenters. The molecular formula is C24H25FN6O2. The van der Waals surface area contributed by atoms with E-state index in [1.165, 1.54) is 6.07 Å². The Kier molecular flexibility index (Phi) is 5.43. The van der Waals surface area contributed by atoms with Gasteiger partial charge in [-0.25, -0.2) is 9.07 Å². The maximum absolute atomic E-state index is 14.0. The third-order valence-corrected chi connectivity index (χ3v) is 6.19. The molecule has 2 aliphatic rings. The fourth-order valence-electron chi connectivity index (χ4n) is 4.10. The van der Waals surface area contributed by atoms with Gasteiger partial charge in [-0.15, -0.1) is 5.10 Å². The second-order valence-electron chi connectivity index (χ2n) is 8.53. The van der Waals surface area contributed by atoms with Gasteiger partial charge in [-0.05, 0) is 62.0 Å². The summed E-state index contributed by atoms with van der Waals surface area (Å²) in [4.78, 5) is 16.8. The number of aliphatic hydroxyl groups excluding tert-OH is 1. The van der Waals surface area contributed by atoms with Crippen LogP contribution in [-0.4, -0.2) is 75.3 Å². The minimum Gasteiger partial charge on any atom is -0.369 e. The molecule has 170 valence electrons. The highest BCUT2D eigenvalue weighted by Gasteiger charge is 2.24. The number of aryl methyl sites for hydroxylation is 1. The van der Waals surface area contributed by atoms with Gasteiger partial charge in [-0.3, -0.25) is 4.79 Å². The monoisotopic (exact) mass is 448 g/mol. The van der Waals surface area contributed by atoms with Crippen molar-refractivity contribution in [1.29, 1.82) is 0 Å². The average Bonchev–Trinajstić information content (AvgIpc) is 3.30. The third kappa shape index (κ3) is 4.12. The largest absolute Gasteiger partial charge is 0.369 e. The van der Waals surface area contributed by atoms with Crippen LogP contribution in [0.3, 0.4) is 0 Å². The van der Waals surface area contributed by atoms with Crippen LogP contribution >= 0.6 is 0 Å². The van der Waals surface area contributed by atoms with Crippen LogP contribution in [0.5, 0.6) is 0 Å². The number of halogens is 1. The minimum absolute atomic E-state index is 0.0246. The first-order valence-corrected chi connectivity index (χ1v) is 10.9. The number of nitrogens with zero attached hydrogens (tertiary/aromatic N) is 5. The van der Waals surface area contributed by atoms with Gasteiger partial charge in [0.1, 0.15) is 11.5 Å². The number of piperazine rings is 1. The molecule has 8 nitrogen and oxygen atoms in total. The van der Waals surface area contributed by atoms with Crippen molar-refractivity contribution < 1.29 is 14.3 Å². The fourth-order valence-corrected chi connectivity index (χ4v) is 4.10. The van der Waals surface area contributed by atoms with Crippen molar-refractivity contribution in [2.45, 2.75) is 13.2 Å². The van der Waals surface area contributed by atoms with Crippen molar-refractivity contribution >= 4 is 23.2 Å². The first-order valence-electron chi connectivity index (χ1n) is 10.9. The Morgan fingerprint density at radius 1 is 1.15 bits per heavy atom. The fraction of sp³-hybridized carbons (Fsp3) is 0.292. The smallest absolute Gasteiger partial charge is 0.253 e. The van der Waals surface area contributed by atoms with Crippen molar-refractivity contribution in [3.63, 3.8) is 0 Å². The molecule has 9 heteroatoms. The predicted molar refractivity (Wildman–Crippen MR) is 123 cm³/mol. The van der Waals surface area contributed by atoms with Gasteiger partial charge >= 0.3 is 0 Å². The molecule has 2 aliphatic heterocycles. The van der Waals surface area contributed by atoms with Crippen LogP contribution in [0.25, 0.3) is 17.3 Å². The van der Waals surface area contributed by atoms with Crippen LogP contribution in [0.1, 0.15) is 27.2 Å². The lowest BCUT2D eigenvalue weighted by molar-refractivity contribution is 0.0664. The molecule has 0 aliphatic carbocycles. The summed E-state index contributed by atoms with van der Waals surface area (Å²) in [5, 5.41) is 21.9. The molecule has 1 amide bonds. The van der Waals surface area contributed by atoms with Gasteiger partial charge in [0, 0.05) is 48.6 Å². The summed E-state index contributed by atoms with van der Waals surface area (Å²) < 4.78 is 15.6. The summed E-state index contributed by atoms with van der Waals surface area (Å²) in [5.41, 5.74) is 4.15. The molecule has 0 radical (unpaired) electrons. The molecule has 1 atom stereocenters. The van der Waals surface area contributed by atoms with Crippen molar-refractivity contribution in [3.05, 3.63) is 70.8 Å². The molecule has 2 aromatic carbocycles. The number of likely N-dealkylation sites (N-methyl/N-ethyl adjacent to an activating group) is 1. The van der Waals surface area contributed by atoms with Crippen LogP contribution in [-0.2, 0) is 0 Å². The highest BCUT2D eigenvalue weighted by molar-refractivity contribution is 5.94. The van der Waals surface area contributed by atoms with Gasteiger partial charge in [0.2, 0.25) is 0 Å². The number of benzene rings is 2. The van der Waals surface area contributed by atoms with Crippen LogP contribution in [0, 0.1) is 12.7 Å². The molecule has 2 N–H and O–H groups in total. The summed E-state index contributed by atoms with van der Waals surface area (Å²) in [6.07, 6.45) is 2.42. The number of aromatic nitrogens is 3. The Morgan fingerprint density at radius 3 is 2.61 bits per heavy atom. The maximum atomic E-state index is 14.0. The zero-order valence-corrected chi connectivity index (χ0v) is 18.5. The second kappa shape index (κ2) is 8.42. The predicted octanol–water partition coefficient (Wildman–Crippen LogP) is 2.39. The molecule has 0 saturated carbocycles. The normalized spacial score (nSPS) is 18.5. The van der Waals surface area contributed by atoms with E-state index in [2.05, 4.69) is 27.6 Å². The lowest BCUT2D eigenvalue weighted by atomic mass is 9.99. The minimum atomic E-state index is -0.990. The maximum Gasteiger partial charge on any atom is 0.253 e. The molecule has 3 aromatic rings. The van der Waals surface area contributed by atoms with Gasteiger partial charge in [0.15, 0.2) is 6.23 Å². The van der Waals surface area contributed by atoms with Crippen molar-refractivity contribution in [2.24, 2.45) is 0 Å². The van der Waals surface area contributed by atoms with Gasteiger partial charge in [-0.1, -0.05) is 5.21 Å². The number of carbonyl (C=O) groups excluding carboxylic acids is 1. The molecule has 0 bridgehead atoms. The Balaban J connectivity index is 1.36. The second-order valence-corrected chi connectivity index (χ2v) is 8.53. The number of rotatable bonds is 3. The quantitative estimate of drug-likeness (QED) is 0.640. The Morgan fingerprint density at radius 2 is 1.88 bits per heavy atom. The Labute approximate surface area is 190 Å². The molecule has 5 rings (SSSR count). The van der Waals surface area contributed by atoms with Crippen molar-refractivity contribution in [3.8, 4) is 5.69 Å². The summed E-state index contributed by atoms with van der Waals surface area (Å²) in [6, 6.07) is 10.3. The number of nitrogens with one attached hydrogen (secondary N) is 1. The average molecular weight is 449 g/mol. The molecular weight excluding hydrogens is 423 g/mol. The molecule has 1 fully saturated rings. The standard InChI is InChI=1S/C24H25FN6O2/c1-15-11-21-17(13-20(15)25)12-19(23(32)26-21)22-14-31(28-27-22)18-5-3-16(4-6-18)24(33)30-9-7-29(2)8-10-30/h3-6,11-14,23,26,32H,7-10H2,1-2H3. The number of amides is 1. The van der Waals surface area contributed by atoms with E-state index in [1.54, 1.807) is 42.1 Å². The summed E-state index contributed by atoms with van der Waals surface area (Å²) in [5.74, 6) is -0.283. The number of aliphatic hydroxyl groups is 1. The zero-order valence-electron chi connectivity index (χ0n) is 18.5. The molecule has 0 spiro atoms. The molecule has 1 saturated heterocycles. The highest BCUT2D eigenvalue weighted by Crippen LogP contribution is 2.32. The van der Waals surface area contributed by atoms with Crippen molar-refractivity contribution in [1.82, 2.24) is 24.8 Å². The van der Waals surface area contributed by atoms with Crippen LogP contribution < -0.4 is 5.32 Å². The SMILES string of the molecule is Cc1cc2c(cc1F)C=C(c1cn(-c3ccc(C(=O)N4CCN(C)CC4)cc3)nn1)C(O)N2. The summed E-state index contributed by atoms with van der Waals surface area (Å²) in [7, 11) is 2.05. The third-order valence-electron chi connectivity index (χ3n) is 6.19. The number of carbonyl (C=O) groups is 1. The van der Waals surface area contributed by atoms with E-state index in [0.29, 0.717) is 33.6 Å². The molecule has 1 aromatic heterocycles. The van der Waals surface area contributed by atoms with Gasteiger partial charge in [0.25, 0.3) is 5.91 Å². The number of hydrogen-bond acceptors (Lipinski definition) is 6. The number of anilines is 1. The van der Waals surface area contributed by atoms with E-state index in [9.17, 15) is 14.3 Å². The van der Waals surface area contributed by atoms with E-state index in [4.69, 9.17) is 0 Å². The lowest BCUT2D eigenvalue weighted by Crippen LogP contribution is -2.47. The van der Waals surface area contributed by atoms with Crippen LogP contribution in [0.4, 0.5) is 10.1 Å². The van der Waals surface area contributed by atoms with Gasteiger partial charge in [-0.2, -0.15) is 0 Å². The molecule has 33 heavy (non-hydrogen) atoms. The summed E-state index contributed by atoms with van der Waals surface area (Å²) >= 11 is 0. The topological polar surface area (TPSA) is 86.5 Å². The zero-order chi connectivity index (χ0) is 23.1. The van der Waals surface area contributed by atoms with Gasteiger partial charge in [0.05, 0.1) is 11.9 Å². The van der Waals surface area contributed by atoms with E-state index in [-0.39, 0.29) is 11.7 Å². The van der Waals surface area contributed by atoms with E-state index in [1.807, 2.05) is 17.0 Å². The Hall–Kier alpha value is -3.56. The Bertz CT molecular complexity index is 1230. The lowest BCUT2D eigenvalue weighted by Gasteiger charge is -2.32. The van der Waals surface area contributed by atoms with Gasteiger partial charge < -0.3 is 20.2 Å². The molecule has 3 heterocycles. The van der Waals surface area contributed by atoms with Crippen LogP contribution in [0.2, 0.25) is 0 Å². The van der Waals surface area contributed by atoms with E-state index in [0.717, 1.165) is 31.9 Å². The van der Waals surface area contributed by atoms with Crippen molar-refractivity contribution in [2.75, 3.05) is 38.5 Å².